The van der Waals surface area contributed by atoms with Crippen LogP contribution in [0.15, 0.2) is 30.3 Å². The molecule has 6 heteroatoms. The molecule has 0 unspecified atom stereocenters. The highest BCUT2D eigenvalue weighted by molar-refractivity contribution is 7.86. The van der Waals surface area contributed by atoms with E-state index in [1.807, 2.05) is 49.3 Å². The molecular weight excluding hydrogens is 310 g/mol. The fraction of sp³-hybridized carbons (Fsp3) is 0.647. The predicted octanol–water partition coefficient (Wildman–Crippen LogP) is 1.78. The molecule has 1 heterocycles. The summed E-state index contributed by atoms with van der Waals surface area (Å²) in [4.78, 5) is 2.03. The van der Waals surface area contributed by atoms with Crippen molar-refractivity contribution >= 4 is 10.2 Å². The molecule has 1 aliphatic heterocycles. The summed E-state index contributed by atoms with van der Waals surface area (Å²) in [7, 11) is 0.569. The largest absolute Gasteiger partial charge is 0.308 e. The zero-order chi connectivity index (χ0) is 16.4. The third kappa shape index (κ3) is 3.76. The molecule has 1 aliphatic carbocycles. The maximum atomic E-state index is 13.2. The van der Waals surface area contributed by atoms with Gasteiger partial charge in [0.25, 0.3) is 10.2 Å². The molecule has 3 rings (SSSR count). The minimum absolute atomic E-state index is 0.225. The van der Waals surface area contributed by atoms with Gasteiger partial charge in [-0.15, -0.1) is 0 Å². The van der Waals surface area contributed by atoms with Crippen LogP contribution in [0.3, 0.4) is 0 Å². The van der Waals surface area contributed by atoms with Gasteiger partial charge in [-0.05, 0) is 44.8 Å². The third-order valence-electron chi connectivity index (χ3n) is 4.98. The Morgan fingerprint density at radius 3 is 2.43 bits per heavy atom. The molecule has 0 spiro atoms. The molecule has 1 saturated heterocycles. The first-order chi connectivity index (χ1) is 11.0. The van der Waals surface area contributed by atoms with Crippen molar-refractivity contribution in [3.63, 3.8) is 0 Å². The average Bonchev–Trinajstić information content (AvgIpc) is 3.15. The molecular formula is C17H27N3O2S. The summed E-state index contributed by atoms with van der Waals surface area (Å²) in [5.74, 6) is 0.571. The molecule has 128 valence electrons. The number of hydrogen-bond acceptors (Lipinski definition) is 3. The summed E-state index contributed by atoms with van der Waals surface area (Å²) >= 11 is 0. The normalized spacial score (nSPS) is 24.9. The van der Waals surface area contributed by atoms with E-state index < -0.39 is 10.2 Å². The maximum Gasteiger partial charge on any atom is 0.282 e. The molecule has 2 atom stereocenters. The van der Waals surface area contributed by atoms with Gasteiger partial charge in [0.1, 0.15) is 0 Å². The number of nitrogens with zero attached hydrogens (tertiary/aromatic N) is 3. The van der Waals surface area contributed by atoms with Crippen LogP contribution in [0.25, 0.3) is 0 Å². The highest BCUT2D eigenvalue weighted by Crippen LogP contribution is 2.39. The zero-order valence-electron chi connectivity index (χ0n) is 14.1. The molecule has 1 aromatic carbocycles. The van der Waals surface area contributed by atoms with Gasteiger partial charge < -0.3 is 4.90 Å². The van der Waals surface area contributed by atoms with Crippen LogP contribution in [-0.2, 0) is 16.8 Å². The number of likely N-dealkylation sites (N-methyl/N-ethyl adjacent to an activating group) is 1. The molecule has 5 nitrogen and oxygen atoms in total. The number of hydrogen-bond donors (Lipinski definition) is 0. The minimum atomic E-state index is -3.39. The van der Waals surface area contributed by atoms with Crippen molar-refractivity contribution in [2.75, 3.05) is 33.7 Å². The summed E-state index contributed by atoms with van der Waals surface area (Å²) in [5, 5.41) is 0. The summed E-state index contributed by atoms with van der Waals surface area (Å²) in [6, 6.07) is 10.1. The van der Waals surface area contributed by atoms with E-state index >= 15 is 0 Å². The van der Waals surface area contributed by atoms with Crippen LogP contribution in [0.2, 0.25) is 0 Å². The maximum absolute atomic E-state index is 13.2. The number of rotatable bonds is 7. The summed E-state index contributed by atoms with van der Waals surface area (Å²) in [6.45, 7) is 2.41. The summed E-state index contributed by atoms with van der Waals surface area (Å²) in [5.41, 5.74) is 1.04. The molecule has 0 radical (unpaired) electrons. The van der Waals surface area contributed by atoms with E-state index in [0.29, 0.717) is 25.6 Å². The van der Waals surface area contributed by atoms with Crippen molar-refractivity contribution in [3.05, 3.63) is 35.9 Å². The van der Waals surface area contributed by atoms with Gasteiger partial charge in [0, 0.05) is 32.2 Å². The Bertz CT molecular complexity index is 618. The molecule has 0 N–H and O–H groups in total. The van der Waals surface area contributed by atoms with E-state index in [2.05, 4.69) is 0 Å². The van der Waals surface area contributed by atoms with Gasteiger partial charge in [0.2, 0.25) is 0 Å². The smallest absolute Gasteiger partial charge is 0.282 e. The lowest BCUT2D eigenvalue weighted by molar-refractivity contribution is 0.274. The van der Waals surface area contributed by atoms with Crippen LogP contribution < -0.4 is 0 Å². The van der Waals surface area contributed by atoms with Crippen LogP contribution in [0.5, 0.6) is 0 Å². The Hall–Kier alpha value is -0.950. The van der Waals surface area contributed by atoms with E-state index in [4.69, 9.17) is 0 Å². The lowest BCUT2D eigenvalue weighted by Gasteiger charge is -2.33. The first-order valence-corrected chi connectivity index (χ1v) is 9.82. The number of benzene rings is 1. The van der Waals surface area contributed by atoms with Crippen molar-refractivity contribution < 1.29 is 8.42 Å². The van der Waals surface area contributed by atoms with E-state index in [0.717, 1.165) is 24.9 Å². The van der Waals surface area contributed by atoms with E-state index in [1.54, 1.807) is 8.61 Å². The quantitative estimate of drug-likeness (QED) is 0.762. The third-order valence-corrected chi connectivity index (χ3v) is 6.98. The molecule has 1 saturated carbocycles. The molecule has 2 bridgehead atoms. The second kappa shape index (κ2) is 6.89. The second-order valence-electron chi connectivity index (χ2n) is 7.03. The topological polar surface area (TPSA) is 43.9 Å². The summed E-state index contributed by atoms with van der Waals surface area (Å²) < 4.78 is 29.8. The summed E-state index contributed by atoms with van der Waals surface area (Å²) in [6.07, 6.45) is 3.26. The molecule has 23 heavy (non-hydrogen) atoms. The lowest BCUT2D eigenvalue weighted by atomic mass is 10.1. The monoisotopic (exact) mass is 337 g/mol. The Morgan fingerprint density at radius 2 is 1.87 bits per heavy atom. The van der Waals surface area contributed by atoms with Gasteiger partial charge in [0.15, 0.2) is 0 Å². The molecule has 2 aliphatic rings. The first kappa shape index (κ1) is 16.9. The van der Waals surface area contributed by atoms with Gasteiger partial charge in [-0.3, -0.25) is 0 Å². The fourth-order valence-corrected chi connectivity index (χ4v) is 5.57. The first-order valence-electron chi connectivity index (χ1n) is 8.42. The van der Waals surface area contributed by atoms with Crippen LogP contribution >= 0.6 is 0 Å². The van der Waals surface area contributed by atoms with Crippen molar-refractivity contribution in [1.82, 2.24) is 13.5 Å². The molecule has 2 fully saturated rings. The van der Waals surface area contributed by atoms with Gasteiger partial charge in [-0.1, -0.05) is 30.3 Å². The zero-order valence-corrected chi connectivity index (χ0v) is 14.9. The lowest BCUT2D eigenvalue weighted by Crippen LogP contribution is -2.48. The van der Waals surface area contributed by atoms with Crippen molar-refractivity contribution in [3.8, 4) is 0 Å². The molecule has 1 aromatic rings. The van der Waals surface area contributed by atoms with Crippen LogP contribution in [-0.4, -0.2) is 61.7 Å². The standard InChI is InChI=1S/C17H27N3O2S/c1-18(2)10-11-19(13-15-6-4-3-5-7-15)23(21,22)20-14-16-8-9-17(20)12-16/h3-7,16-17H,8-14H2,1-2H3/t16-,17-/m0/s1. The van der Waals surface area contributed by atoms with Crippen LogP contribution in [0.4, 0.5) is 0 Å². The average molecular weight is 337 g/mol. The van der Waals surface area contributed by atoms with E-state index in [9.17, 15) is 8.42 Å². The second-order valence-corrected chi connectivity index (χ2v) is 8.91. The minimum Gasteiger partial charge on any atom is -0.308 e. The van der Waals surface area contributed by atoms with E-state index in [1.165, 1.54) is 6.42 Å². The number of fused-ring (bicyclic) bond motifs is 2. The number of piperidine rings is 1. The van der Waals surface area contributed by atoms with Crippen LogP contribution in [0.1, 0.15) is 24.8 Å². The van der Waals surface area contributed by atoms with Gasteiger partial charge in [-0.2, -0.15) is 17.0 Å². The highest BCUT2D eigenvalue weighted by atomic mass is 32.2. The van der Waals surface area contributed by atoms with Gasteiger partial charge in [-0.25, -0.2) is 0 Å². The Labute approximate surface area is 140 Å². The fourth-order valence-electron chi connectivity index (χ4n) is 3.68. The van der Waals surface area contributed by atoms with E-state index in [-0.39, 0.29) is 6.04 Å². The van der Waals surface area contributed by atoms with Crippen molar-refractivity contribution in [1.29, 1.82) is 0 Å². The van der Waals surface area contributed by atoms with Crippen LogP contribution in [0, 0.1) is 5.92 Å². The predicted molar refractivity (Wildman–Crippen MR) is 92.2 cm³/mol. The molecule has 0 amide bonds. The van der Waals surface area contributed by atoms with Crippen molar-refractivity contribution in [2.24, 2.45) is 5.92 Å². The Balaban J connectivity index is 1.78. The Morgan fingerprint density at radius 1 is 1.13 bits per heavy atom. The Kier molecular flexibility index (Phi) is 5.06. The molecule has 0 aromatic heterocycles. The highest BCUT2D eigenvalue weighted by Gasteiger charge is 2.45. The van der Waals surface area contributed by atoms with Gasteiger partial charge in [0.05, 0.1) is 0 Å². The SMILES string of the molecule is CN(C)CCN(Cc1ccccc1)S(=O)(=O)N1C[C@H]2CC[C@H]1C2. The van der Waals surface area contributed by atoms with Gasteiger partial charge >= 0.3 is 0 Å². The van der Waals surface area contributed by atoms with Crippen molar-refractivity contribution in [2.45, 2.75) is 31.8 Å².